The van der Waals surface area contributed by atoms with Gasteiger partial charge in [0.25, 0.3) is 0 Å². The zero-order valence-corrected chi connectivity index (χ0v) is 15.7. The summed E-state index contributed by atoms with van der Waals surface area (Å²) in [6, 6.07) is -0.0987. The molecule has 0 aromatic heterocycles. The molecule has 21 heavy (non-hydrogen) atoms. The molecule has 0 spiro atoms. The third kappa shape index (κ3) is 4.56. The normalized spacial score (nSPS) is 30.0. The van der Waals surface area contributed by atoms with Crippen molar-refractivity contribution in [1.82, 2.24) is 4.90 Å². The third-order valence-corrected chi connectivity index (χ3v) is 3.80. The SMILES string of the molecule is CC(C)(C)C1N(C(=O)O)CC2CC21C=NO.O=C([O-])O.[K+]. The van der Waals surface area contributed by atoms with E-state index >= 15 is 0 Å². The van der Waals surface area contributed by atoms with Gasteiger partial charge in [0.05, 0.1) is 12.3 Å². The number of hydrogen-bond acceptors (Lipinski definition) is 5. The summed E-state index contributed by atoms with van der Waals surface area (Å²) in [6.07, 6.45) is -0.489. The quantitative estimate of drug-likeness (QED) is 0.216. The molecule has 1 aliphatic heterocycles. The van der Waals surface area contributed by atoms with Crippen molar-refractivity contribution in [3.05, 3.63) is 0 Å². The van der Waals surface area contributed by atoms with Gasteiger partial charge in [0.15, 0.2) is 0 Å². The zero-order chi connectivity index (χ0) is 15.7. The number of amides is 1. The molecule has 0 aromatic carbocycles. The molecule has 1 heterocycles. The minimum absolute atomic E-state index is 0. The first-order chi connectivity index (χ1) is 9.06. The van der Waals surface area contributed by atoms with Gasteiger partial charge >= 0.3 is 57.5 Å². The van der Waals surface area contributed by atoms with Crippen molar-refractivity contribution >= 4 is 18.5 Å². The first kappa shape index (κ1) is 20.6. The molecule has 3 N–H and O–H groups in total. The summed E-state index contributed by atoms with van der Waals surface area (Å²) < 4.78 is 0. The third-order valence-electron chi connectivity index (χ3n) is 3.80. The zero-order valence-electron chi connectivity index (χ0n) is 12.6. The number of oxime groups is 1. The Morgan fingerprint density at radius 1 is 1.38 bits per heavy atom. The molecule has 1 aliphatic carbocycles. The van der Waals surface area contributed by atoms with E-state index in [2.05, 4.69) is 5.16 Å². The van der Waals surface area contributed by atoms with Crippen molar-refractivity contribution in [2.45, 2.75) is 33.2 Å². The maximum atomic E-state index is 11.2. The fourth-order valence-corrected chi connectivity index (χ4v) is 3.37. The molecule has 3 unspecified atom stereocenters. The molecule has 0 radical (unpaired) electrons. The van der Waals surface area contributed by atoms with Gasteiger partial charge in [-0.3, -0.25) is 0 Å². The first-order valence-corrected chi connectivity index (χ1v) is 6.14. The minimum Gasteiger partial charge on any atom is -0.565 e. The second-order valence-corrected chi connectivity index (χ2v) is 6.23. The van der Waals surface area contributed by atoms with E-state index in [1.165, 1.54) is 11.1 Å². The van der Waals surface area contributed by atoms with Crippen molar-refractivity contribution < 1.29 is 81.5 Å². The van der Waals surface area contributed by atoms with Gasteiger partial charge in [-0.1, -0.05) is 20.8 Å². The van der Waals surface area contributed by atoms with Crippen molar-refractivity contribution in [2.75, 3.05) is 6.54 Å². The van der Waals surface area contributed by atoms with Crippen LogP contribution in [0.25, 0.3) is 0 Å². The van der Waals surface area contributed by atoms with Crippen LogP contribution in [0.1, 0.15) is 27.2 Å². The van der Waals surface area contributed by atoms with Gasteiger partial charge in [-0.05, 0) is 17.8 Å². The number of nitrogens with zero attached hydrogens (tertiary/aromatic N) is 2. The molecule has 9 heteroatoms. The first-order valence-electron chi connectivity index (χ1n) is 6.14. The molecule has 2 rings (SSSR count). The Balaban J connectivity index is 0.000000715. The van der Waals surface area contributed by atoms with Crippen LogP contribution in [-0.2, 0) is 0 Å². The van der Waals surface area contributed by atoms with E-state index < -0.39 is 12.2 Å². The molecule has 1 saturated carbocycles. The maximum Gasteiger partial charge on any atom is 1.00 e. The van der Waals surface area contributed by atoms with Crippen LogP contribution in [0.15, 0.2) is 5.16 Å². The summed E-state index contributed by atoms with van der Waals surface area (Å²) in [4.78, 5) is 21.1. The molecule has 3 atom stereocenters. The van der Waals surface area contributed by atoms with Gasteiger partial charge in [0.1, 0.15) is 0 Å². The summed E-state index contributed by atoms with van der Waals surface area (Å²) in [5.74, 6) is 0.323. The van der Waals surface area contributed by atoms with Crippen molar-refractivity contribution in [3.63, 3.8) is 0 Å². The van der Waals surface area contributed by atoms with Gasteiger partial charge in [0, 0.05) is 12.0 Å². The Labute approximate surface area is 165 Å². The second-order valence-electron chi connectivity index (χ2n) is 6.23. The Kier molecular flexibility index (Phi) is 7.15. The Morgan fingerprint density at radius 2 is 1.86 bits per heavy atom. The predicted octanol–water partition coefficient (Wildman–Crippen LogP) is -2.25. The fourth-order valence-electron chi connectivity index (χ4n) is 3.37. The van der Waals surface area contributed by atoms with Gasteiger partial charge in [-0.15, -0.1) is 5.16 Å². The number of carbonyl (C=O) groups is 2. The fraction of sp³-hybridized carbons (Fsp3) is 0.750. The van der Waals surface area contributed by atoms with Gasteiger partial charge in [-0.2, -0.15) is 0 Å². The topological polar surface area (TPSA) is 133 Å². The Hall–Kier alpha value is -0.354. The average Bonchev–Trinajstić information content (AvgIpc) is 2.79. The summed E-state index contributed by atoms with van der Waals surface area (Å²) in [6.45, 7) is 6.65. The molecule has 114 valence electrons. The minimum atomic E-state index is -2.08. The Morgan fingerprint density at radius 3 is 2.19 bits per heavy atom. The summed E-state index contributed by atoms with van der Waals surface area (Å²) in [7, 11) is 0. The number of hydrogen-bond donors (Lipinski definition) is 3. The summed E-state index contributed by atoms with van der Waals surface area (Å²) >= 11 is 0. The molecule has 1 saturated heterocycles. The van der Waals surface area contributed by atoms with Crippen LogP contribution in [0.5, 0.6) is 0 Å². The van der Waals surface area contributed by atoms with Crippen LogP contribution in [0.3, 0.4) is 0 Å². The largest absolute Gasteiger partial charge is 1.00 e. The molecule has 8 nitrogen and oxygen atoms in total. The van der Waals surface area contributed by atoms with Gasteiger partial charge in [0.2, 0.25) is 6.16 Å². The Bertz CT molecular complexity index is 432. The van der Waals surface area contributed by atoms with Crippen molar-refractivity contribution in [1.29, 1.82) is 0 Å². The van der Waals surface area contributed by atoms with Crippen LogP contribution >= 0.6 is 0 Å². The maximum absolute atomic E-state index is 11.2. The van der Waals surface area contributed by atoms with E-state index in [1.807, 2.05) is 20.8 Å². The molecule has 2 aliphatic rings. The van der Waals surface area contributed by atoms with Gasteiger partial charge < -0.3 is 30.2 Å². The molecule has 2 fully saturated rings. The number of piperidine rings is 1. The molecule has 0 aromatic rings. The second kappa shape index (κ2) is 7.27. The van der Waals surface area contributed by atoms with E-state index in [9.17, 15) is 9.90 Å². The van der Waals surface area contributed by atoms with Gasteiger partial charge in [-0.25, -0.2) is 4.79 Å². The predicted molar refractivity (Wildman–Crippen MR) is 66.8 cm³/mol. The number of carboxylic acid groups (broad SMARTS) is 3. The number of likely N-dealkylation sites (tertiary alicyclic amines) is 1. The number of fused-ring (bicyclic) bond motifs is 1. The van der Waals surface area contributed by atoms with Crippen LogP contribution in [0.2, 0.25) is 0 Å². The van der Waals surface area contributed by atoms with Crippen LogP contribution in [0, 0.1) is 16.7 Å². The van der Waals surface area contributed by atoms with Crippen molar-refractivity contribution in [2.24, 2.45) is 21.9 Å². The number of rotatable bonds is 1. The molecular weight excluding hydrogens is 307 g/mol. The molecule has 0 bridgehead atoms. The standard InChI is InChI=1S/C11H18N2O3.CH2O3.K/c1-10(2,3)8-11(6-12-16)4-7(11)5-13(8)9(14)15;2-1(3)4;/h6-8,16H,4-5H2,1-3H3,(H,14,15);(H2,2,3,4);/q;;+1/p-1. The van der Waals surface area contributed by atoms with E-state index in [0.717, 1.165) is 6.42 Å². The average molecular weight is 326 g/mol. The van der Waals surface area contributed by atoms with Crippen LogP contribution < -0.4 is 56.5 Å². The van der Waals surface area contributed by atoms with Crippen LogP contribution in [-0.4, -0.2) is 51.4 Å². The van der Waals surface area contributed by atoms with E-state index in [4.69, 9.17) is 20.2 Å². The summed E-state index contributed by atoms with van der Waals surface area (Å²) in [5, 5.41) is 36.4. The van der Waals surface area contributed by atoms with E-state index in [0.29, 0.717) is 12.5 Å². The van der Waals surface area contributed by atoms with Crippen LogP contribution in [0.4, 0.5) is 9.59 Å². The van der Waals surface area contributed by atoms with Crippen molar-refractivity contribution in [3.8, 4) is 0 Å². The smallest absolute Gasteiger partial charge is 0.565 e. The van der Waals surface area contributed by atoms with E-state index in [1.54, 1.807) is 0 Å². The monoisotopic (exact) mass is 326 g/mol. The summed E-state index contributed by atoms with van der Waals surface area (Å²) in [5.41, 5.74) is -0.379. The molecular formula is C12H19KN2O6. The molecule has 1 amide bonds. The van der Waals surface area contributed by atoms with E-state index in [-0.39, 0.29) is 68.3 Å².